The minimum absolute atomic E-state index is 0.159. The Bertz CT molecular complexity index is 854. The zero-order valence-corrected chi connectivity index (χ0v) is 19.9. The average Bonchev–Trinajstić information content (AvgIpc) is 3.37. The molecular formula is C23H33N3O5S. The Labute approximate surface area is 193 Å². The molecule has 0 bridgehead atoms. The second-order valence-electron chi connectivity index (χ2n) is 7.76. The van der Waals surface area contributed by atoms with E-state index in [2.05, 4.69) is 22.4 Å². The number of nitrogens with one attached hydrogen (secondary N) is 1. The van der Waals surface area contributed by atoms with Crippen molar-refractivity contribution in [3.8, 4) is 10.4 Å². The van der Waals surface area contributed by atoms with Gasteiger partial charge in [0.2, 0.25) is 5.91 Å². The number of thiazole rings is 1. The number of hydrogen-bond acceptors (Lipinski definition) is 8. The number of benzene rings is 1. The smallest absolute Gasteiger partial charge is 0.240 e. The van der Waals surface area contributed by atoms with Gasteiger partial charge in [0.05, 0.1) is 34.8 Å². The van der Waals surface area contributed by atoms with Crippen LogP contribution in [0.25, 0.3) is 10.4 Å². The Morgan fingerprint density at radius 1 is 1.28 bits per heavy atom. The molecule has 1 amide bonds. The Morgan fingerprint density at radius 3 is 2.56 bits per heavy atom. The molecule has 2 heterocycles. The number of hydroxylamine groups is 2. The maximum Gasteiger partial charge on any atom is 0.240 e. The minimum Gasteiger partial charge on any atom is -0.392 e. The molecule has 8 nitrogen and oxygen atoms in total. The number of aliphatic hydroxyl groups excluding tert-OH is 1. The Morgan fingerprint density at radius 2 is 1.97 bits per heavy atom. The van der Waals surface area contributed by atoms with E-state index in [4.69, 9.17) is 14.3 Å². The number of aromatic nitrogens is 1. The highest BCUT2D eigenvalue weighted by atomic mass is 32.1. The third kappa shape index (κ3) is 6.34. The van der Waals surface area contributed by atoms with Crippen LogP contribution in [0.3, 0.4) is 0 Å². The number of aliphatic hydroxyl groups is 1. The second kappa shape index (κ2) is 11.8. The van der Waals surface area contributed by atoms with E-state index in [1.54, 1.807) is 11.3 Å². The van der Waals surface area contributed by atoms with Crippen molar-refractivity contribution < 1.29 is 24.2 Å². The van der Waals surface area contributed by atoms with Crippen LogP contribution < -0.4 is 5.32 Å². The highest BCUT2D eigenvalue weighted by Gasteiger charge is 2.38. The number of amides is 1. The van der Waals surface area contributed by atoms with Crippen LogP contribution in [0.15, 0.2) is 29.8 Å². The van der Waals surface area contributed by atoms with Crippen LogP contribution in [0.5, 0.6) is 0 Å². The molecule has 3 rings (SSSR count). The van der Waals surface area contributed by atoms with Crippen LogP contribution in [0, 0.1) is 6.92 Å². The summed E-state index contributed by atoms with van der Waals surface area (Å²) in [5.41, 5.74) is 4.97. The molecule has 0 unspecified atom stereocenters. The molecule has 1 aliphatic rings. The van der Waals surface area contributed by atoms with Gasteiger partial charge in [-0.1, -0.05) is 24.3 Å². The summed E-state index contributed by atoms with van der Waals surface area (Å²) in [4.78, 5) is 24.2. The van der Waals surface area contributed by atoms with E-state index in [1.165, 1.54) is 5.06 Å². The molecule has 2 N–H and O–H groups in total. The molecule has 1 aromatic carbocycles. The summed E-state index contributed by atoms with van der Waals surface area (Å²) < 4.78 is 11.0. The molecule has 9 heteroatoms. The fourth-order valence-corrected chi connectivity index (χ4v) is 4.54. The first-order chi connectivity index (χ1) is 15.4. The number of hydrogen-bond donors (Lipinski definition) is 2. The molecule has 1 fully saturated rings. The summed E-state index contributed by atoms with van der Waals surface area (Å²) in [7, 11) is 0. The van der Waals surface area contributed by atoms with Gasteiger partial charge in [0.15, 0.2) is 6.29 Å². The standard InChI is InChI=1S/C23H33N3O5S/c1-5-29-21(30-6-2)13-31-26-12-19(27)11-20(26)23(28)25-15(3)17-7-9-18(10-8-17)22-16(4)24-14-32-22/h7-10,14-15,19-21,27H,5-6,11-13H2,1-4H3,(H,25,28)/t15-,19+,20-/m0/s1. The first-order valence-electron chi connectivity index (χ1n) is 11.0. The summed E-state index contributed by atoms with van der Waals surface area (Å²) >= 11 is 1.62. The lowest BCUT2D eigenvalue weighted by atomic mass is 10.0. The minimum atomic E-state index is -0.624. The number of nitrogens with zero attached hydrogens (tertiary/aromatic N) is 2. The SMILES string of the molecule is CCOC(CON1C[C@H](O)C[C@H]1C(=O)N[C@@H](C)c1ccc(-c2scnc2C)cc1)OCC. The number of β-amino-alcohol motifs (C(OH)–C–C–N with tert-alkyl or cyclic N) is 1. The fraction of sp³-hybridized carbons (Fsp3) is 0.565. The van der Waals surface area contributed by atoms with Crippen molar-refractivity contribution in [3.63, 3.8) is 0 Å². The third-order valence-corrected chi connectivity index (χ3v) is 6.37. The molecule has 32 heavy (non-hydrogen) atoms. The molecule has 1 saturated heterocycles. The Balaban J connectivity index is 1.58. The zero-order valence-electron chi connectivity index (χ0n) is 19.1. The van der Waals surface area contributed by atoms with Crippen LogP contribution in [0.2, 0.25) is 0 Å². The zero-order chi connectivity index (χ0) is 23.1. The molecule has 1 aromatic heterocycles. The average molecular weight is 464 g/mol. The van der Waals surface area contributed by atoms with E-state index in [0.717, 1.165) is 21.7 Å². The van der Waals surface area contributed by atoms with Crippen molar-refractivity contribution >= 4 is 17.2 Å². The van der Waals surface area contributed by atoms with Crippen molar-refractivity contribution in [2.24, 2.45) is 0 Å². The van der Waals surface area contributed by atoms with Crippen LogP contribution in [-0.2, 0) is 19.1 Å². The van der Waals surface area contributed by atoms with Gasteiger partial charge in [0, 0.05) is 19.6 Å². The fourth-order valence-electron chi connectivity index (χ4n) is 3.73. The van der Waals surface area contributed by atoms with Gasteiger partial charge in [-0.2, -0.15) is 5.06 Å². The predicted octanol–water partition coefficient (Wildman–Crippen LogP) is 3.06. The monoisotopic (exact) mass is 463 g/mol. The molecule has 0 spiro atoms. The molecule has 2 aromatic rings. The molecule has 176 valence electrons. The van der Waals surface area contributed by atoms with Crippen molar-refractivity contribution in [1.29, 1.82) is 0 Å². The third-order valence-electron chi connectivity index (χ3n) is 5.40. The highest BCUT2D eigenvalue weighted by Crippen LogP contribution is 2.28. The van der Waals surface area contributed by atoms with Gasteiger partial charge in [-0.05, 0) is 38.8 Å². The largest absolute Gasteiger partial charge is 0.392 e. The molecule has 0 saturated carbocycles. The Kier molecular flexibility index (Phi) is 9.15. The lowest BCUT2D eigenvalue weighted by molar-refractivity contribution is -0.242. The molecule has 0 aliphatic carbocycles. The normalized spacial score (nSPS) is 20.1. The second-order valence-corrected chi connectivity index (χ2v) is 8.61. The van der Waals surface area contributed by atoms with Gasteiger partial charge in [-0.15, -0.1) is 11.3 Å². The first kappa shape index (κ1) is 24.8. The van der Waals surface area contributed by atoms with Crippen LogP contribution in [0.4, 0.5) is 0 Å². The summed E-state index contributed by atoms with van der Waals surface area (Å²) in [6, 6.07) is 7.38. The molecule has 3 atom stereocenters. The van der Waals surface area contributed by atoms with Crippen LogP contribution in [0.1, 0.15) is 44.5 Å². The van der Waals surface area contributed by atoms with Gasteiger partial charge < -0.3 is 19.9 Å². The number of rotatable bonds is 11. The molecular weight excluding hydrogens is 430 g/mol. The lowest BCUT2D eigenvalue weighted by Gasteiger charge is -2.26. The number of carbonyl (C=O) groups excluding carboxylic acids is 1. The van der Waals surface area contributed by atoms with Gasteiger partial charge in [0.25, 0.3) is 0 Å². The summed E-state index contributed by atoms with van der Waals surface area (Å²) in [6.07, 6.45) is -0.817. The topological polar surface area (TPSA) is 93.2 Å². The van der Waals surface area contributed by atoms with E-state index in [0.29, 0.717) is 19.6 Å². The first-order valence-corrected chi connectivity index (χ1v) is 11.9. The van der Waals surface area contributed by atoms with Gasteiger partial charge in [-0.3, -0.25) is 9.63 Å². The molecule has 0 radical (unpaired) electrons. The van der Waals surface area contributed by atoms with Crippen molar-refractivity contribution in [2.45, 2.75) is 58.6 Å². The summed E-state index contributed by atoms with van der Waals surface area (Å²) in [6.45, 7) is 9.13. The van der Waals surface area contributed by atoms with Gasteiger partial charge in [-0.25, -0.2) is 4.98 Å². The quantitative estimate of drug-likeness (QED) is 0.495. The predicted molar refractivity (Wildman–Crippen MR) is 123 cm³/mol. The van der Waals surface area contributed by atoms with Gasteiger partial charge >= 0.3 is 0 Å². The van der Waals surface area contributed by atoms with Crippen LogP contribution in [-0.4, -0.2) is 65.9 Å². The van der Waals surface area contributed by atoms with E-state index in [-0.39, 0.29) is 25.1 Å². The van der Waals surface area contributed by atoms with Crippen molar-refractivity contribution in [1.82, 2.24) is 15.4 Å². The van der Waals surface area contributed by atoms with E-state index >= 15 is 0 Å². The summed E-state index contributed by atoms with van der Waals surface area (Å²) in [5.74, 6) is -0.180. The maximum absolute atomic E-state index is 13.0. The number of ether oxygens (including phenoxy) is 2. The Hall–Kier alpha value is -1.88. The maximum atomic E-state index is 13.0. The molecule has 1 aliphatic heterocycles. The number of carbonyl (C=O) groups is 1. The lowest BCUT2D eigenvalue weighted by Crippen LogP contribution is -2.45. The van der Waals surface area contributed by atoms with Crippen molar-refractivity contribution in [2.75, 3.05) is 26.4 Å². The van der Waals surface area contributed by atoms with E-state index in [9.17, 15) is 9.90 Å². The van der Waals surface area contributed by atoms with E-state index in [1.807, 2.05) is 45.3 Å². The van der Waals surface area contributed by atoms with Crippen molar-refractivity contribution in [3.05, 3.63) is 41.0 Å². The van der Waals surface area contributed by atoms with Crippen LogP contribution >= 0.6 is 11.3 Å². The number of aryl methyl sites for hydroxylation is 1. The highest BCUT2D eigenvalue weighted by molar-refractivity contribution is 7.13. The van der Waals surface area contributed by atoms with Gasteiger partial charge in [0.1, 0.15) is 12.6 Å². The van der Waals surface area contributed by atoms with E-state index < -0.39 is 18.4 Å². The summed E-state index contributed by atoms with van der Waals surface area (Å²) in [5, 5.41) is 14.7.